The van der Waals surface area contributed by atoms with Gasteiger partial charge in [0.25, 0.3) is 0 Å². The number of aromatic nitrogens is 1. The number of benzene rings is 1. The molecule has 9 heteroatoms. The number of hydrogen-bond acceptors (Lipinski definition) is 5. The number of halogens is 1. The van der Waals surface area contributed by atoms with Crippen molar-refractivity contribution in [2.45, 2.75) is 44.7 Å². The molecule has 1 aromatic heterocycles. The van der Waals surface area contributed by atoms with Gasteiger partial charge in [-0.15, -0.1) is 35.3 Å². The van der Waals surface area contributed by atoms with Crippen LogP contribution in [0.3, 0.4) is 0 Å². The summed E-state index contributed by atoms with van der Waals surface area (Å²) in [6.07, 6.45) is 2.50. The molecule has 0 bridgehead atoms. The third-order valence-corrected chi connectivity index (χ3v) is 6.47. The zero-order valence-electron chi connectivity index (χ0n) is 15.8. The summed E-state index contributed by atoms with van der Waals surface area (Å²) in [7, 11) is -3.35. The maximum absolute atomic E-state index is 12.6. The summed E-state index contributed by atoms with van der Waals surface area (Å²) in [6, 6.07) is 8.32. The van der Waals surface area contributed by atoms with Crippen molar-refractivity contribution in [1.29, 1.82) is 0 Å². The second-order valence-electron chi connectivity index (χ2n) is 5.90. The van der Waals surface area contributed by atoms with Gasteiger partial charge < -0.3 is 10.6 Å². The number of thiazole rings is 1. The molecule has 0 spiro atoms. The molecule has 0 aliphatic carbocycles. The Bertz CT molecular complexity index is 823. The SMILES string of the molecule is CCNC(=NCc1ncc(C)s1)NC(CC)CS(=O)(=O)c1ccccc1.I. The van der Waals surface area contributed by atoms with Gasteiger partial charge in [-0.05, 0) is 32.4 Å². The standard InChI is InChI=1S/C18H26N4O2S2.HI/c1-4-15(13-26(23,24)16-9-7-6-8-10-16)22-18(19-5-2)21-12-17-20-11-14(3)25-17;/h6-11,15H,4-5,12-13H2,1-3H3,(H2,19,21,22);1H. The summed E-state index contributed by atoms with van der Waals surface area (Å²) in [5.41, 5.74) is 0. The molecule has 0 amide bonds. The van der Waals surface area contributed by atoms with Gasteiger partial charge in [-0.1, -0.05) is 25.1 Å². The van der Waals surface area contributed by atoms with Crippen molar-refractivity contribution < 1.29 is 8.42 Å². The Balaban J connectivity index is 0.00000364. The number of nitrogens with zero attached hydrogens (tertiary/aromatic N) is 2. The van der Waals surface area contributed by atoms with Crippen LogP contribution in [0.1, 0.15) is 30.2 Å². The normalized spacial score (nSPS) is 12.9. The topological polar surface area (TPSA) is 83.4 Å². The molecule has 2 rings (SSSR count). The molecule has 0 aliphatic rings. The molecule has 1 atom stereocenters. The van der Waals surface area contributed by atoms with Crippen molar-refractivity contribution in [3.63, 3.8) is 0 Å². The van der Waals surface area contributed by atoms with Gasteiger partial charge in [0.2, 0.25) is 0 Å². The van der Waals surface area contributed by atoms with Crippen LogP contribution in [0.25, 0.3) is 0 Å². The highest BCUT2D eigenvalue weighted by Crippen LogP contribution is 2.13. The lowest BCUT2D eigenvalue weighted by Crippen LogP contribution is -2.46. The molecule has 1 heterocycles. The predicted octanol–water partition coefficient (Wildman–Crippen LogP) is 3.38. The molecule has 2 N–H and O–H groups in total. The number of rotatable bonds is 8. The first-order valence-electron chi connectivity index (χ1n) is 8.68. The Morgan fingerprint density at radius 1 is 1.26 bits per heavy atom. The number of nitrogens with one attached hydrogen (secondary N) is 2. The lowest BCUT2D eigenvalue weighted by atomic mass is 10.3. The van der Waals surface area contributed by atoms with Crippen molar-refractivity contribution in [3.8, 4) is 0 Å². The Hall–Kier alpha value is -1.20. The van der Waals surface area contributed by atoms with Gasteiger partial charge >= 0.3 is 0 Å². The van der Waals surface area contributed by atoms with Gasteiger partial charge in [-0.2, -0.15) is 0 Å². The lowest BCUT2D eigenvalue weighted by Gasteiger charge is -2.20. The molecule has 150 valence electrons. The summed E-state index contributed by atoms with van der Waals surface area (Å²) >= 11 is 1.61. The third kappa shape index (κ3) is 7.74. The van der Waals surface area contributed by atoms with E-state index in [9.17, 15) is 8.42 Å². The Morgan fingerprint density at radius 2 is 1.96 bits per heavy atom. The maximum Gasteiger partial charge on any atom is 0.191 e. The van der Waals surface area contributed by atoms with Crippen molar-refractivity contribution in [2.24, 2.45) is 4.99 Å². The molecule has 2 aromatic rings. The van der Waals surface area contributed by atoms with E-state index < -0.39 is 9.84 Å². The predicted molar refractivity (Wildman–Crippen MR) is 123 cm³/mol. The summed E-state index contributed by atoms with van der Waals surface area (Å²) in [5.74, 6) is 0.629. The Morgan fingerprint density at radius 3 is 2.52 bits per heavy atom. The minimum atomic E-state index is -3.35. The molecular formula is C18H27IN4O2S2. The summed E-state index contributed by atoms with van der Waals surface area (Å²) in [6.45, 7) is 7.12. The van der Waals surface area contributed by atoms with Crippen LogP contribution in [-0.2, 0) is 16.4 Å². The maximum atomic E-state index is 12.6. The van der Waals surface area contributed by atoms with Crippen LogP contribution < -0.4 is 10.6 Å². The fraction of sp³-hybridized carbons (Fsp3) is 0.444. The molecule has 6 nitrogen and oxygen atoms in total. The number of guanidine groups is 1. The minimum Gasteiger partial charge on any atom is -0.357 e. The van der Waals surface area contributed by atoms with Gasteiger partial charge in [0.15, 0.2) is 15.8 Å². The zero-order valence-corrected chi connectivity index (χ0v) is 19.8. The first-order chi connectivity index (χ1) is 12.4. The van der Waals surface area contributed by atoms with Crippen LogP contribution in [0, 0.1) is 6.92 Å². The van der Waals surface area contributed by atoms with Gasteiger partial charge in [0, 0.05) is 23.7 Å². The highest BCUT2D eigenvalue weighted by Gasteiger charge is 2.21. The Labute approximate surface area is 182 Å². The van der Waals surface area contributed by atoms with E-state index in [0.717, 1.165) is 9.88 Å². The lowest BCUT2D eigenvalue weighted by molar-refractivity contribution is 0.569. The molecule has 27 heavy (non-hydrogen) atoms. The van der Waals surface area contributed by atoms with Crippen molar-refractivity contribution in [2.75, 3.05) is 12.3 Å². The Kier molecular flexibility index (Phi) is 10.2. The van der Waals surface area contributed by atoms with Gasteiger partial charge in [-0.25, -0.2) is 18.4 Å². The van der Waals surface area contributed by atoms with Crippen LogP contribution >= 0.6 is 35.3 Å². The number of aliphatic imine (C=N–C) groups is 1. The van der Waals surface area contributed by atoms with E-state index in [0.29, 0.717) is 30.4 Å². The van der Waals surface area contributed by atoms with Crippen LogP contribution in [0.4, 0.5) is 0 Å². The largest absolute Gasteiger partial charge is 0.357 e. The average Bonchev–Trinajstić information content (AvgIpc) is 3.05. The molecule has 0 saturated heterocycles. The highest BCUT2D eigenvalue weighted by atomic mass is 127. The van der Waals surface area contributed by atoms with Gasteiger partial charge in [0.05, 0.1) is 17.2 Å². The minimum absolute atomic E-state index is 0. The molecule has 0 radical (unpaired) electrons. The smallest absolute Gasteiger partial charge is 0.191 e. The summed E-state index contributed by atoms with van der Waals surface area (Å²) < 4.78 is 25.2. The summed E-state index contributed by atoms with van der Waals surface area (Å²) in [4.78, 5) is 10.3. The van der Waals surface area contributed by atoms with Crippen LogP contribution in [0.5, 0.6) is 0 Å². The average molecular weight is 522 g/mol. The van der Waals surface area contributed by atoms with E-state index in [2.05, 4.69) is 20.6 Å². The van der Waals surface area contributed by atoms with E-state index in [1.54, 1.807) is 35.6 Å². The second kappa shape index (κ2) is 11.6. The van der Waals surface area contributed by atoms with Crippen LogP contribution in [0.2, 0.25) is 0 Å². The molecule has 0 fully saturated rings. The van der Waals surface area contributed by atoms with Crippen LogP contribution in [-0.4, -0.2) is 37.7 Å². The van der Waals surface area contributed by atoms with E-state index in [-0.39, 0.29) is 35.8 Å². The molecule has 0 aliphatic heterocycles. The molecule has 1 aromatic carbocycles. The van der Waals surface area contributed by atoms with E-state index in [4.69, 9.17) is 0 Å². The monoisotopic (exact) mass is 522 g/mol. The highest BCUT2D eigenvalue weighted by molar-refractivity contribution is 14.0. The van der Waals surface area contributed by atoms with Gasteiger partial charge in [0.1, 0.15) is 5.01 Å². The first kappa shape index (κ1) is 23.8. The quantitative estimate of drug-likeness (QED) is 0.316. The number of aryl methyl sites for hydroxylation is 1. The summed E-state index contributed by atoms with van der Waals surface area (Å²) in [5, 5.41) is 7.35. The third-order valence-electron chi connectivity index (χ3n) is 3.74. The van der Waals surface area contributed by atoms with E-state index in [1.807, 2.05) is 33.0 Å². The van der Waals surface area contributed by atoms with Crippen molar-refractivity contribution in [1.82, 2.24) is 15.6 Å². The molecular weight excluding hydrogens is 495 g/mol. The van der Waals surface area contributed by atoms with Crippen molar-refractivity contribution >= 4 is 51.1 Å². The fourth-order valence-electron chi connectivity index (χ4n) is 2.39. The first-order valence-corrected chi connectivity index (χ1v) is 11.2. The zero-order chi connectivity index (χ0) is 19.0. The van der Waals surface area contributed by atoms with E-state index in [1.165, 1.54) is 0 Å². The number of hydrogen-bond donors (Lipinski definition) is 2. The second-order valence-corrected chi connectivity index (χ2v) is 9.26. The molecule has 0 saturated carbocycles. The number of sulfone groups is 1. The van der Waals surface area contributed by atoms with Crippen LogP contribution in [0.15, 0.2) is 46.4 Å². The van der Waals surface area contributed by atoms with E-state index >= 15 is 0 Å². The van der Waals surface area contributed by atoms with Crippen molar-refractivity contribution in [3.05, 3.63) is 46.4 Å². The molecule has 1 unspecified atom stereocenters. The fourth-order valence-corrected chi connectivity index (χ4v) is 4.71. The van der Waals surface area contributed by atoms with Gasteiger partial charge in [-0.3, -0.25) is 0 Å².